The SMILES string of the molecule is C=C(/N=C\C=C/C)[C@]1(CCNCCc2cccc(F)c2)CCOC2(CCCC2)C1. The molecule has 1 aromatic carbocycles. The Kier molecular flexibility index (Phi) is 7.79. The summed E-state index contributed by atoms with van der Waals surface area (Å²) in [5.41, 5.74) is 2.03. The first-order chi connectivity index (χ1) is 14.1. The van der Waals surface area contributed by atoms with Crippen molar-refractivity contribution in [1.29, 1.82) is 0 Å². The molecule has 2 aliphatic rings. The predicted octanol–water partition coefficient (Wildman–Crippen LogP) is 5.62. The molecule has 3 rings (SSSR count). The van der Waals surface area contributed by atoms with E-state index in [0.29, 0.717) is 0 Å². The molecule has 0 aromatic heterocycles. The average molecular weight is 399 g/mol. The molecule has 3 nitrogen and oxygen atoms in total. The van der Waals surface area contributed by atoms with E-state index in [-0.39, 0.29) is 16.8 Å². The van der Waals surface area contributed by atoms with Crippen molar-refractivity contribution in [2.75, 3.05) is 19.7 Å². The molecule has 1 atom stereocenters. The van der Waals surface area contributed by atoms with Gasteiger partial charge in [-0.2, -0.15) is 0 Å². The van der Waals surface area contributed by atoms with Gasteiger partial charge in [0.25, 0.3) is 0 Å². The number of nitrogens with one attached hydrogen (secondary N) is 1. The highest BCUT2D eigenvalue weighted by Gasteiger charge is 2.48. The van der Waals surface area contributed by atoms with Gasteiger partial charge in [-0.1, -0.05) is 37.6 Å². The minimum absolute atomic E-state index is 0.00741. The topological polar surface area (TPSA) is 33.6 Å². The van der Waals surface area contributed by atoms with Gasteiger partial charge in [0.1, 0.15) is 5.82 Å². The maximum atomic E-state index is 13.3. The van der Waals surface area contributed by atoms with Crippen LogP contribution >= 0.6 is 0 Å². The number of aliphatic imine (C=N–C) groups is 1. The zero-order valence-electron chi connectivity index (χ0n) is 17.8. The number of allylic oxidation sites excluding steroid dienone is 3. The molecule has 29 heavy (non-hydrogen) atoms. The van der Waals surface area contributed by atoms with Crippen LogP contribution in [0.3, 0.4) is 0 Å². The molecular weight excluding hydrogens is 363 g/mol. The summed E-state index contributed by atoms with van der Waals surface area (Å²) in [6, 6.07) is 6.86. The number of benzene rings is 1. The molecule has 2 fully saturated rings. The smallest absolute Gasteiger partial charge is 0.123 e. The third kappa shape index (κ3) is 5.86. The van der Waals surface area contributed by atoms with Crippen molar-refractivity contribution in [3.05, 3.63) is 60.1 Å². The summed E-state index contributed by atoms with van der Waals surface area (Å²) in [6.07, 6.45) is 14.5. The van der Waals surface area contributed by atoms with Gasteiger partial charge in [-0.15, -0.1) is 0 Å². The van der Waals surface area contributed by atoms with Crippen molar-refractivity contribution < 1.29 is 9.13 Å². The van der Waals surface area contributed by atoms with Gasteiger partial charge in [-0.25, -0.2) is 4.39 Å². The predicted molar refractivity (Wildman–Crippen MR) is 119 cm³/mol. The Morgan fingerprint density at radius 2 is 2.10 bits per heavy atom. The van der Waals surface area contributed by atoms with Gasteiger partial charge in [-0.05, 0) is 82.3 Å². The van der Waals surface area contributed by atoms with E-state index < -0.39 is 0 Å². The molecule has 1 spiro atoms. The number of halogens is 1. The fourth-order valence-corrected chi connectivity index (χ4v) is 4.90. The normalized spacial score (nSPS) is 24.1. The van der Waals surface area contributed by atoms with E-state index in [1.807, 2.05) is 31.4 Å². The van der Waals surface area contributed by atoms with E-state index in [2.05, 4.69) is 16.9 Å². The molecule has 1 saturated carbocycles. The zero-order chi connectivity index (χ0) is 20.6. The monoisotopic (exact) mass is 398 g/mol. The molecular formula is C25H35FN2O. The summed E-state index contributed by atoms with van der Waals surface area (Å²) in [6.45, 7) is 8.91. The van der Waals surface area contributed by atoms with Crippen molar-refractivity contribution in [1.82, 2.24) is 5.32 Å². The lowest BCUT2D eigenvalue weighted by molar-refractivity contribution is -0.115. The Morgan fingerprint density at radius 1 is 1.28 bits per heavy atom. The fraction of sp³-hybridized carbons (Fsp3) is 0.560. The van der Waals surface area contributed by atoms with Crippen molar-refractivity contribution in [3.8, 4) is 0 Å². The molecule has 0 unspecified atom stereocenters. The van der Waals surface area contributed by atoms with E-state index in [4.69, 9.17) is 4.74 Å². The molecule has 0 amide bonds. The number of rotatable bonds is 9. The average Bonchev–Trinajstić information content (AvgIpc) is 3.15. The molecule has 1 heterocycles. The maximum Gasteiger partial charge on any atom is 0.123 e. The lowest BCUT2D eigenvalue weighted by atomic mass is 9.68. The number of nitrogens with zero attached hydrogens (tertiary/aromatic N) is 1. The lowest BCUT2D eigenvalue weighted by Gasteiger charge is -2.47. The molecule has 0 bridgehead atoms. The fourth-order valence-electron chi connectivity index (χ4n) is 4.90. The van der Waals surface area contributed by atoms with Crippen LogP contribution in [-0.2, 0) is 11.2 Å². The Hall–Kier alpha value is -1.78. The zero-order valence-corrected chi connectivity index (χ0v) is 17.8. The summed E-state index contributed by atoms with van der Waals surface area (Å²) in [4.78, 5) is 4.69. The van der Waals surface area contributed by atoms with E-state index >= 15 is 0 Å². The standard InChI is InChI=1S/C25H35FN2O/c1-3-4-15-28-21(2)24(14-18-29-25(20-24)11-5-6-12-25)13-17-27-16-10-22-8-7-9-23(26)19-22/h3-4,7-9,15,19,27H,2,5-6,10-14,16-18,20H2,1H3/b4-3-,28-15-/t24-/m1/s1. The number of hydrogen-bond donors (Lipinski definition) is 1. The van der Waals surface area contributed by atoms with Gasteiger partial charge in [0, 0.05) is 23.9 Å². The van der Waals surface area contributed by atoms with Crippen LogP contribution < -0.4 is 5.32 Å². The first kappa shape index (κ1) is 21.9. The summed E-state index contributed by atoms with van der Waals surface area (Å²) in [5, 5.41) is 3.56. The van der Waals surface area contributed by atoms with Crippen LogP contribution in [-0.4, -0.2) is 31.5 Å². The van der Waals surface area contributed by atoms with Crippen LogP contribution in [0.25, 0.3) is 0 Å². The largest absolute Gasteiger partial charge is 0.375 e. The summed E-state index contributed by atoms with van der Waals surface area (Å²) in [5.74, 6) is -0.166. The van der Waals surface area contributed by atoms with E-state index in [1.54, 1.807) is 12.1 Å². The third-order valence-electron chi connectivity index (χ3n) is 6.55. The number of ether oxygens (including phenoxy) is 1. The summed E-state index contributed by atoms with van der Waals surface area (Å²) >= 11 is 0. The van der Waals surface area contributed by atoms with Gasteiger partial charge in [-0.3, -0.25) is 4.99 Å². The molecule has 1 saturated heterocycles. The molecule has 158 valence electrons. The maximum absolute atomic E-state index is 13.3. The third-order valence-corrected chi connectivity index (χ3v) is 6.55. The lowest BCUT2D eigenvalue weighted by Crippen LogP contribution is -2.45. The van der Waals surface area contributed by atoms with Crippen molar-refractivity contribution in [3.63, 3.8) is 0 Å². The highest BCUT2D eigenvalue weighted by molar-refractivity contribution is 5.72. The van der Waals surface area contributed by atoms with Crippen LogP contribution in [0.2, 0.25) is 0 Å². The van der Waals surface area contributed by atoms with E-state index in [0.717, 1.165) is 69.5 Å². The second-order valence-corrected chi connectivity index (χ2v) is 8.58. The highest BCUT2D eigenvalue weighted by atomic mass is 19.1. The molecule has 4 heteroatoms. The van der Waals surface area contributed by atoms with Crippen LogP contribution in [0, 0.1) is 11.2 Å². The number of hydrogen-bond acceptors (Lipinski definition) is 3. The Morgan fingerprint density at radius 3 is 2.86 bits per heavy atom. The Bertz CT molecular complexity index is 736. The molecule has 1 N–H and O–H groups in total. The second kappa shape index (κ2) is 10.3. The first-order valence-electron chi connectivity index (χ1n) is 11.0. The quantitative estimate of drug-likeness (QED) is 0.433. The minimum atomic E-state index is -0.166. The summed E-state index contributed by atoms with van der Waals surface area (Å²) < 4.78 is 19.6. The van der Waals surface area contributed by atoms with E-state index in [1.165, 1.54) is 18.9 Å². The van der Waals surface area contributed by atoms with Crippen molar-refractivity contribution >= 4 is 6.21 Å². The van der Waals surface area contributed by atoms with Gasteiger partial charge < -0.3 is 10.1 Å². The van der Waals surface area contributed by atoms with Gasteiger partial charge in [0.15, 0.2) is 0 Å². The first-order valence-corrected chi connectivity index (χ1v) is 11.0. The second-order valence-electron chi connectivity index (χ2n) is 8.58. The van der Waals surface area contributed by atoms with Crippen LogP contribution in [0.4, 0.5) is 4.39 Å². The van der Waals surface area contributed by atoms with Gasteiger partial charge in [0.2, 0.25) is 0 Å². The molecule has 0 radical (unpaired) electrons. The van der Waals surface area contributed by atoms with Crippen molar-refractivity contribution in [2.45, 2.75) is 63.9 Å². The van der Waals surface area contributed by atoms with Gasteiger partial charge in [0.05, 0.1) is 5.60 Å². The molecule has 1 aliphatic carbocycles. The van der Waals surface area contributed by atoms with Crippen LogP contribution in [0.1, 0.15) is 57.4 Å². The summed E-state index contributed by atoms with van der Waals surface area (Å²) in [7, 11) is 0. The van der Waals surface area contributed by atoms with E-state index in [9.17, 15) is 4.39 Å². The Balaban J connectivity index is 1.60. The molecule has 1 aliphatic heterocycles. The van der Waals surface area contributed by atoms with Crippen LogP contribution in [0.5, 0.6) is 0 Å². The Labute approximate surface area is 175 Å². The van der Waals surface area contributed by atoms with Crippen molar-refractivity contribution in [2.24, 2.45) is 10.4 Å². The van der Waals surface area contributed by atoms with Crippen LogP contribution in [0.15, 0.2) is 53.7 Å². The van der Waals surface area contributed by atoms with Gasteiger partial charge >= 0.3 is 0 Å². The molecule has 1 aromatic rings. The minimum Gasteiger partial charge on any atom is -0.375 e. The highest BCUT2D eigenvalue weighted by Crippen LogP contribution is 2.52.